The molecular weight excluding hydrogens is 336 g/mol. The molecule has 2 heteroatoms. The molecule has 2 atom stereocenters. The maximum absolute atomic E-state index is 6.08. The third-order valence-electron chi connectivity index (χ3n) is 4.53. The van der Waals surface area contributed by atoms with Crippen LogP contribution < -0.4 is 0 Å². The fraction of sp³-hybridized carbons (Fsp3) is 0.400. The Hall–Kier alpha value is -1.12. The van der Waals surface area contributed by atoms with E-state index in [1.54, 1.807) is 0 Å². The summed E-state index contributed by atoms with van der Waals surface area (Å²) < 4.78 is 7.20. The third kappa shape index (κ3) is 3.80. The number of rotatable bonds is 4. The first kappa shape index (κ1) is 15.8. The predicted octanol–water partition coefficient (Wildman–Crippen LogP) is 6.38. The van der Waals surface area contributed by atoms with Gasteiger partial charge < -0.3 is 4.74 Å². The van der Waals surface area contributed by atoms with Crippen LogP contribution in [0, 0.1) is 5.92 Å². The molecule has 0 spiro atoms. The van der Waals surface area contributed by atoms with Crippen molar-refractivity contribution in [1.29, 1.82) is 0 Å². The second-order valence-corrected chi connectivity index (χ2v) is 7.10. The molecule has 0 aromatic heterocycles. The Labute approximate surface area is 141 Å². The van der Waals surface area contributed by atoms with E-state index in [2.05, 4.69) is 71.4 Å². The molecule has 0 bridgehead atoms. The average Bonchev–Trinajstić information content (AvgIpc) is 2.57. The first-order chi connectivity index (χ1) is 10.8. The SMILES string of the molecule is CCCC1CCC(c2ccc(-c3ccc(Br)cc3)cc2)OC1. The fourth-order valence-corrected chi connectivity index (χ4v) is 3.50. The molecule has 0 saturated carbocycles. The minimum Gasteiger partial charge on any atom is -0.373 e. The first-order valence-electron chi connectivity index (χ1n) is 8.23. The Kier molecular flexibility index (Phi) is 5.32. The number of benzene rings is 2. The second-order valence-electron chi connectivity index (χ2n) is 6.18. The monoisotopic (exact) mass is 358 g/mol. The van der Waals surface area contributed by atoms with E-state index in [9.17, 15) is 0 Å². The van der Waals surface area contributed by atoms with Crippen molar-refractivity contribution in [3.63, 3.8) is 0 Å². The van der Waals surface area contributed by atoms with Crippen molar-refractivity contribution in [2.24, 2.45) is 5.92 Å². The molecule has 2 aromatic rings. The highest BCUT2D eigenvalue weighted by Crippen LogP contribution is 2.33. The van der Waals surface area contributed by atoms with Gasteiger partial charge in [0.15, 0.2) is 0 Å². The lowest BCUT2D eigenvalue weighted by Crippen LogP contribution is -2.20. The molecule has 0 aliphatic carbocycles. The van der Waals surface area contributed by atoms with E-state index >= 15 is 0 Å². The van der Waals surface area contributed by atoms with E-state index in [-0.39, 0.29) is 6.10 Å². The van der Waals surface area contributed by atoms with Crippen molar-refractivity contribution in [3.05, 3.63) is 58.6 Å². The van der Waals surface area contributed by atoms with Gasteiger partial charge in [0.05, 0.1) is 12.7 Å². The number of hydrogen-bond donors (Lipinski definition) is 0. The van der Waals surface area contributed by atoms with Crippen LogP contribution in [0.15, 0.2) is 53.0 Å². The highest BCUT2D eigenvalue weighted by Gasteiger charge is 2.22. The predicted molar refractivity (Wildman–Crippen MR) is 95.9 cm³/mol. The fourth-order valence-electron chi connectivity index (χ4n) is 3.24. The summed E-state index contributed by atoms with van der Waals surface area (Å²) in [4.78, 5) is 0. The lowest BCUT2D eigenvalue weighted by atomic mass is 9.91. The highest BCUT2D eigenvalue weighted by atomic mass is 79.9. The summed E-state index contributed by atoms with van der Waals surface area (Å²) in [6, 6.07) is 17.3. The van der Waals surface area contributed by atoms with Gasteiger partial charge in [0.2, 0.25) is 0 Å². The summed E-state index contributed by atoms with van der Waals surface area (Å²) in [5.74, 6) is 0.767. The summed E-state index contributed by atoms with van der Waals surface area (Å²) in [5.41, 5.74) is 3.83. The van der Waals surface area contributed by atoms with Crippen molar-refractivity contribution in [3.8, 4) is 11.1 Å². The quantitative estimate of drug-likeness (QED) is 0.615. The van der Waals surface area contributed by atoms with Crippen molar-refractivity contribution in [1.82, 2.24) is 0 Å². The maximum atomic E-state index is 6.08. The lowest BCUT2D eigenvalue weighted by molar-refractivity contribution is -0.0194. The average molecular weight is 359 g/mol. The largest absolute Gasteiger partial charge is 0.373 e. The van der Waals surface area contributed by atoms with Gasteiger partial charge in [-0.25, -0.2) is 0 Å². The smallest absolute Gasteiger partial charge is 0.0825 e. The molecule has 22 heavy (non-hydrogen) atoms. The molecule has 1 aliphatic rings. The summed E-state index contributed by atoms with van der Waals surface area (Å²) in [6.45, 7) is 3.18. The molecular formula is C20H23BrO. The van der Waals surface area contributed by atoms with Crippen LogP contribution >= 0.6 is 15.9 Å². The second kappa shape index (κ2) is 7.43. The topological polar surface area (TPSA) is 9.23 Å². The molecule has 0 amide bonds. The highest BCUT2D eigenvalue weighted by molar-refractivity contribution is 9.10. The normalized spacial score (nSPS) is 21.7. The van der Waals surface area contributed by atoms with E-state index in [1.165, 1.54) is 36.0 Å². The molecule has 0 radical (unpaired) electrons. The van der Waals surface area contributed by atoms with E-state index < -0.39 is 0 Å². The Morgan fingerprint density at radius 3 is 2.14 bits per heavy atom. The summed E-state index contributed by atoms with van der Waals surface area (Å²) in [5, 5.41) is 0. The van der Waals surface area contributed by atoms with Crippen LogP contribution in [0.25, 0.3) is 11.1 Å². The van der Waals surface area contributed by atoms with Crippen molar-refractivity contribution >= 4 is 15.9 Å². The molecule has 1 saturated heterocycles. The minimum atomic E-state index is 0.284. The van der Waals surface area contributed by atoms with Crippen LogP contribution in [0.1, 0.15) is 44.3 Å². The van der Waals surface area contributed by atoms with Crippen LogP contribution in [-0.2, 0) is 4.74 Å². The molecule has 2 unspecified atom stereocenters. The molecule has 1 fully saturated rings. The molecule has 1 heterocycles. The zero-order valence-corrected chi connectivity index (χ0v) is 14.7. The summed E-state index contributed by atoms with van der Waals surface area (Å²) in [6.07, 6.45) is 5.30. The Morgan fingerprint density at radius 1 is 0.955 bits per heavy atom. The summed E-state index contributed by atoms with van der Waals surface area (Å²) in [7, 11) is 0. The van der Waals surface area contributed by atoms with Crippen LogP contribution in [-0.4, -0.2) is 6.61 Å². The van der Waals surface area contributed by atoms with Gasteiger partial charge >= 0.3 is 0 Å². The molecule has 0 N–H and O–H groups in total. The van der Waals surface area contributed by atoms with E-state index in [4.69, 9.17) is 4.74 Å². The van der Waals surface area contributed by atoms with Crippen LogP contribution in [0.3, 0.4) is 0 Å². The third-order valence-corrected chi connectivity index (χ3v) is 5.06. The van der Waals surface area contributed by atoms with Crippen LogP contribution in [0.2, 0.25) is 0 Å². The number of hydrogen-bond acceptors (Lipinski definition) is 1. The van der Waals surface area contributed by atoms with Gasteiger partial charge in [-0.2, -0.15) is 0 Å². The molecule has 1 aliphatic heterocycles. The van der Waals surface area contributed by atoms with Gasteiger partial charge in [-0.05, 0) is 54.0 Å². The van der Waals surface area contributed by atoms with Gasteiger partial charge in [0, 0.05) is 4.47 Å². The first-order valence-corrected chi connectivity index (χ1v) is 9.03. The van der Waals surface area contributed by atoms with Gasteiger partial charge in [-0.3, -0.25) is 0 Å². The van der Waals surface area contributed by atoms with Crippen LogP contribution in [0.5, 0.6) is 0 Å². The maximum Gasteiger partial charge on any atom is 0.0825 e. The van der Waals surface area contributed by atoms with Crippen molar-refractivity contribution < 1.29 is 4.74 Å². The zero-order chi connectivity index (χ0) is 15.4. The van der Waals surface area contributed by atoms with Gasteiger partial charge in [0.25, 0.3) is 0 Å². The molecule has 116 valence electrons. The molecule has 3 rings (SSSR count). The summed E-state index contributed by atoms with van der Waals surface area (Å²) >= 11 is 3.48. The van der Waals surface area contributed by atoms with Gasteiger partial charge in [-0.1, -0.05) is 65.7 Å². The number of ether oxygens (including phenoxy) is 1. The van der Waals surface area contributed by atoms with Gasteiger partial charge in [0.1, 0.15) is 0 Å². The number of halogens is 1. The molecule has 1 nitrogen and oxygen atoms in total. The van der Waals surface area contributed by atoms with Crippen LogP contribution in [0.4, 0.5) is 0 Å². The Bertz CT molecular complexity index is 580. The van der Waals surface area contributed by atoms with Crippen molar-refractivity contribution in [2.45, 2.75) is 38.7 Å². The van der Waals surface area contributed by atoms with E-state index in [0.717, 1.165) is 23.4 Å². The standard InChI is InChI=1S/C20H23BrO/c1-2-3-15-4-13-20(22-14-15)18-7-5-16(6-8-18)17-9-11-19(21)12-10-17/h5-12,15,20H,2-4,13-14H2,1H3. The molecule has 2 aromatic carbocycles. The zero-order valence-electron chi connectivity index (χ0n) is 13.1. The van der Waals surface area contributed by atoms with Gasteiger partial charge in [-0.15, -0.1) is 0 Å². The van der Waals surface area contributed by atoms with E-state index in [0.29, 0.717) is 0 Å². The lowest BCUT2D eigenvalue weighted by Gasteiger charge is -2.29. The Morgan fingerprint density at radius 2 is 1.59 bits per heavy atom. The van der Waals surface area contributed by atoms with E-state index in [1.807, 2.05) is 0 Å². The minimum absolute atomic E-state index is 0.284. The Balaban J connectivity index is 1.66. The van der Waals surface area contributed by atoms with Crippen molar-refractivity contribution in [2.75, 3.05) is 6.61 Å².